The van der Waals surface area contributed by atoms with Gasteiger partial charge in [-0.25, -0.2) is 9.18 Å². The minimum Gasteiger partial charge on any atom is -0.322 e. The van der Waals surface area contributed by atoms with Crippen molar-refractivity contribution in [3.8, 4) is 0 Å². The summed E-state index contributed by atoms with van der Waals surface area (Å²) in [5.41, 5.74) is 1.22. The van der Waals surface area contributed by atoms with E-state index in [1.54, 1.807) is 12.1 Å². The number of carbonyl (C=O) groups is 2. The standard InChI is InChI=1S/C27H32FN3O2/c28-23-12-10-20(11-13-23)18-27(25(32)31(26(33)29-27)24-8-4-5-9-24)22-14-16-30(17-15-22)19-21-6-2-1-3-7-21/h1-3,6-7,10-13,22,24H,4-5,8-9,14-19H2,(H,29,33)/t27-/m0/s1. The summed E-state index contributed by atoms with van der Waals surface area (Å²) >= 11 is 0. The summed E-state index contributed by atoms with van der Waals surface area (Å²) in [5, 5.41) is 3.17. The molecule has 2 heterocycles. The molecule has 3 aliphatic rings. The lowest BCUT2D eigenvalue weighted by atomic mass is 9.73. The summed E-state index contributed by atoms with van der Waals surface area (Å²) < 4.78 is 13.5. The highest BCUT2D eigenvalue weighted by atomic mass is 19.1. The fourth-order valence-electron chi connectivity index (χ4n) is 6.00. The second-order valence-corrected chi connectivity index (χ2v) is 9.85. The van der Waals surface area contributed by atoms with E-state index >= 15 is 0 Å². The number of rotatable bonds is 6. The van der Waals surface area contributed by atoms with Crippen molar-refractivity contribution in [3.05, 3.63) is 71.5 Å². The first kappa shape index (κ1) is 22.1. The number of carbonyl (C=O) groups excluding carboxylic acids is 2. The third kappa shape index (κ3) is 4.41. The van der Waals surface area contributed by atoms with Gasteiger partial charge in [-0.15, -0.1) is 0 Å². The van der Waals surface area contributed by atoms with Crippen molar-refractivity contribution in [2.45, 2.75) is 63.1 Å². The zero-order valence-electron chi connectivity index (χ0n) is 19.0. The monoisotopic (exact) mass is 449 g/mol. The molecule has 0 unspecified atom stereocenters. The Kier molecular flexibility index (Phi) is 6.19. The smallest absolute Gasteiger partial charge is 0.322 e. The predicted molar refractivity (Wildman–Crippen MR) is 125 cm³/mol. The molecule has 1 saturated carbocycles. The summed E-state index contributed by atoms with van der Waals surface area (Å²) in [7, 11) is 0. The number of benzene rings is 2. The highest BCUT2D eigenvalue weighted by Crippen LogP contribution is 2.39. The van der Waals surface area contributed by atoms with Crippen molar-refractivity contribution in [2.24, 2.45) is 5.92 Å². The fourth-order valence-corrected chi connectivity index (χ4v) is 6.00. The van der Waals surface area contributed by atoms with Crippen LogP contribution >= 0.6 is 0 Å². The van der Waals surface area contributed by atoms with E-state index in [1.165, 1.54) is 22.6 Å². The maximum Gasteiger partial charge on any atom is 0.325 e. The molecule has 0 radical (unpaired) electrons. The van der Waals surface area contributed by atoms with Crippen molar-refractivity contribution in [1.29, 1.82) is 0 Å². The molecule has 3 fully saturated rings. The van der Waals surface area contributed by atoms with E-state index in [9.17, 15) is 14.0 Å². The first-order valence-corrected chi connectivity index (χ1v) is 12.2. The van der Waals surface area contributed by atoms with Gasteiger partial charge >= 0.3 is 6.03 Å². The number of nitrogens with one attached hydrogen (secondary N) is 1. The number of hydrogen-bond donors (Lipinski definition) is 1. The first-order valence-electron chi connectivity index (χ1n) is 12.2. The molecule has 0 spiro atoms. The molecule has 3 amide bonds. The van der Waals surface area contributed by atoms with Crippen LogP contribution in [0.3, 0.4) is 0 Å². The summed E-state index contributed by atoms with van der Waals surface area (Å²) in [5.74, 6) is -0.320. The molecule has 5 nitrogen and oxygen atoms in total. The van der Waals surface area contributed by atoms with Gasteiger partial charge in [0, 0.05) is 19.0 Å². The van der Waals surface area contributed by atoms with Crippen molar-refractivity contribution in [1.82, 2.24) is 15.1 Å². The van der Waals surface area contributed by atoms with Crippen LogP contribution < -0.4 is 5.32 Å². The summed E-state index contributed by atoms with van der Waals surface area (Å²) in [6.07, 6.45) is 6.00. The van der Waals surface area contributed by atoms with Gasteiger partial charge in [-0.3, -0.25) is 14.6 Å². The molecule has 1 N–H and O–H groups in total. The van der Waals surface area contributed by atoms with Crippen LogP contribution in [0.25, 0.3) is 0 Å². The second-order valence-electron chi connectivity index (χ2n) is 9.85. The SMILES string of the molecule is O=C1N[C@@](Cc2ccc(F)cc2)(C2CCN(Cc3ccccc3)CC2)C(=O)N1C1CCCC1. The number of urea groups is 1. The van der Waals surface area contributed by atoms with E-state index in [0.29, 0.717) is 6.42 Å². The molecule has 174 valence electrons. The molecule has 2 aromatic carbocycles. The van der Waals surface area contributed by atoms with Crippen LogP contribution in [0.2, 0.25) is 0 Å². The molecule has 0 bridgehead atoms. The summed E-state index contributed by atoms with van der Waals surface area (Å²) in [4.78, 5) is 31.0. The van der Waals surface area contributed by atoms with E-state index in [-0.39, 0.29) is 29.7 Å². The molecule has 1 aliphatic carbocycles. The van der Waals surface area contributed by atoms with Crippen LogP contribution in [0.1, 0.15) is 49.7 Å². The van der Waals surface area contributed by atoms with Gasteiger partial charge in [0.2, 0.25) is 0 Å². The van der Waals surface area contributed by atoms with Gasteiger partial charge in [-0.1, -0.05) is 55.3 Å². The predicted octanol–water partition coefficient (Wildman–Crippen LogP) is 4.51. The lowest BCUT2D eigenvalue weighted by Gasteiger charge is -2.41. The Morgan fingerprint density at radius 1 is 0.879 bits per heavy atom. The van der Waals surface area contributed by atoms with Crippen LogP contribution in [0.5, 0.6) is 0 Å². The Labute approximate surface area is 195 Å². The molecule has 6 heteroatoms. The summed E-state index contributed by atoms with van der Waals surface area (Å²) in [6, 6.07) is 16.5. The van der Waals surface area contributed by atoms with Crippen LogP contribution in [-0.2, 0) is 17.8 Å². The quantitative estimate of drug-likeness (QED) is 0.660. The molecule has 2 aromatic rings. The number of hydrogen-bond acceptors (Lipinski definition) is 3. The Balaban J connectivity index is 1.37. The first-order chi connectivity index (χ1) is 16.0. The average Bonchev–Trinajstić information content (AvgIpc) is 3.43. The normalized spacial score (nSPS) is 25.1. The molecule has 0 aromatic heterocycles. The van der Waals surface area contributed by atoms with Gasteiger partial charge in [0.1, 0.15) is 11.4 Å². The highest BCUT2D eigenvalue weighted by Gasteiger charge is 2.57. The van der Waals surface area contributed by atoms with Crippen molar-refractivity contribution >= 4 is 11.9 Å². The number of nitrogens with zero attached hydrogens (tertiary/aromatic N) is 2. The van der Waals surface area contributed by atoms with Gasteiger partial charge in [0.25, 0.3) is 5.91 Å². The van der Waals surface area contributed by atoms with Gasteiger partial charge in [0.05, 0.1) is 0 Å². The van der Waals surface area contributed by atoms with Crippen LogP contribution in [-0.4, -0.2) is 46.4 Å². The number of likely N-dealkylation sites (tertiary alicyclic amines) is 1. The molecule has 2 saturated heterocycles. The van der Waals surface area contributed by atoms with Gasteiger partial charge < -0.3 is 5.32 Å². The highest BCUT2D eigenvalue weighted by molar-refractivity contribution is 6.07. The van der Waals surface area contributed by atoms with Crippen LogP contribution in [0.15, 0.2) is 54.6 Å². The Hall–Kier alpha value is -2.73. The Morgan fingerprint density at radius 3 is 2.21 bits per heavy atom. The summed E-state index contributed by atoms with van der Waals surface area (Å²) in [6.45, 7) is 2.67. The molecular weight excluding hydrogens is 417 g/mol. The minimum atomic E-state index is -0.948. The second kappa shape index (κ2) is 9.26. The number of amides is 3. The number of halogens is 1. The number of imide groups is 1. The maximum absolute atomic E-state index is 13.9. The molecule has 2 aliphatic heterocycles. The average molecular weight is 450 g/mol. The number of piperidine rings is 1. The van der Waals surface area contributed by atoms with E-state index in [2.05, 4.69) is 34.5 Å². The molecule has 1 atom stereocenters. The maximum atomic E-state index is 13.9. The molecular formula is C27H32FN3O2. The van der Waals surface area contributed by atoms with Crippen molar-refractivity contribution < 1.29 is 14.0 Å². The third-order valence-electron chi connectivity index (χ3n) is 7.77. The Bertz CT molecular complexity index is 982. The molecule has 33 heavy (non-hydrogen) atoms. The van der Waals surface area contributed by atoms with Crippen molar-refractivity contribution in [3.63, 3.8) is 0 Å². The topological polar surface area (TPSA) is 52.7 Å². The lowest BCUT2D eigenvalue weighted by molar-refractivity contribution is -0.135. The Morgan fingerprint density at radius 2 is 1.55 bits per heavy atom. The van der Waals surface area contributed by atoms with Crippen LogP contribution in [0, 0.1) is 11.7 Å². The largest absolute Gasteiger partial charge is 0.325 e. The molecule has 5 rings (SSSR count). The fraction of sp³-hybridized carbons (Fsp3) is 0.481. The van der Waals surface area contributed by atoms with Crippen LogP contribution in [0.4, 0.5) is 9.18 Å². The third-order valence-corrected chi connectivity index (χ3v) is 7.77. The van der Waals surface area contributed by atoms with E-state index in [4.69, 9.17) is 0 Å². The minimum absolute atomic E-state index is 0.00534. The zero-order chi connectivity index (χ0) is 22.8. The van der Waals surface area contributed by atoms with E-state index in [1.807, 2.05) is 6.07 Å². The van der Waals surface area contributed by atoms with Gasteiger partial charge in [0.15, 0.2) is 0 Å². The van der Waals surface area contributed by atoms with Crippen molar-refractivity contribution in [2.75, 3.05) is 13.1 Å². The lowest BCUT2D eigenvalue weighted by Crippen LogP contribution is -2.57. The van der Waals surface area contributed by atoms with Gasteiger partial charge in [-0.2, -0.15) is 0 Å². The zero-order valence-corrected chi connectivity index (χ0v) is 19.0. The van der Waals surface area contributed by atoms with E-state index < -0.39 is 5.54 Å². The van der Waals surface area contributed by atoms with Gasteiger partial charge in [-0.05, 0) is 68.0 Å². The van der Waals surface area contributed by atoms with E-state index in [0.717, 1.165) is 63.7 Å².